The van der Waals surface area contributed by atoms with E-state index in [1.54, 1.807) is 19.5 Å². The topological polar surface area (TPSA) is 76.0 Å². The standard InChI is InChI=1S/C23H26N6O2/c1-4-31-12-11-29-16-22(28(2)21-7-5-6-10-24-21)27-19-15-25-18(13-20(19)29)17-8-9-23(30-3)26-14-17/h5-10,13-15H,4,11-12,16H2,1-3H3. The maximum absolute atomic E-state index is 5.63. The summed E-state index contributed by atoms with van der Waals surface area (Å²) < 4.78 is 10.8. The summed E-state index contributed by atoms with van der Waals surface area (Å²) in [5.41, 5.74) is 3.62. The van der Waals surface area contributed by atoms with E-state index in [-0.39, 0.29) is 0 Å². The molecule has 1 aliphatic rings. The van der Waals surface area contributed by atoms with Crippen LogP contribution in [0.1, 0.15) is 6.92 Å². The smallest absolute Gasteiger partial charge is 0.212 e. The van der Waals surface area contributed by atoms with E-state index in [9.17, 15) is 0 Å². The van der Waals surface area contributed by atoms with E-state index in [4.69, 9.17) is 14.5 Å². The highest BCUT2D eigenvalue weighted by Gasteiger charge is 2.24. The normalized spacial score (nSPS) is 12.9. The predicted molar refractivity (Wildman–Crippen MR) is 122 cm³/mol. The average molecular weight is 419 g/mol. The second-order valence-electron chi connectivity index (χ2n) is 7.04. The number of anilines is 2. The van der Waals surface area contributed by atoms with E-state index < -0.39 is 0 Å². The number of hydrogen-bond donors (Lipinski definition) is 0. The van der Waals surface area contributed by atoms with Crippen molar-refractivity contribution in [2.24, 2.45) is 4.99 Å². The Morgan fingerprint density at radius 3 is 2.71 bits per heavy atom. The maximum atomic E-state index is 5.63. The van der Waals surface area contributed by atoms with Gasteiger partial charge in [0.05, 0.1) is 37.8 Å². The number of ether oxygens (including phenoxy) is 2. The van der Waals surface area contributed by atoms with Gasteiger partial charge < -0.3 is 19.3 Å². The lowest BCUT2D eigenvalue weighted by molar-refractivity contribution is 0.154. The molecule has 0 radical (unpaired) electrons. The molecule has 8 heteroatoms. The first-order valence-corrected chi connectivity index (χ1v) is 10.2. The van der Waals surface area contributed by atoms with Gasteiger partial charge in [-0.3, -0.25) is 4.98 Å². The molecule has 0 spiro atoms. The summed E-state index contributed by atoms with van der Waals surface area (Å²) in [6.45, 7) is 4.73. The number of rotatable bonds is 7. The zero-order chi connectivity index (χ0) is 21.6. The Balaban J connectivity index is 1.68. The van der Waals surface area contributed by atoms with Crippen LogP contribution in [0.4, 0.5) is 17.2 Å². The molecular formula is C23H26N6O2. The number of amidine groups is 1. The summed E-state index contributed by atoms with van der Waals surface area (Å²) in [6.07, 6.45) is 5.37. The zero-order valence-corrected chi connectivity index (χ0v) is 18.0. The number of pyridine rings is 3. The third-order valence-electron chi connectivity index (χ3n) is 5.12. The summed E-state index contributed by atoms with van der Waals surface area (Å²) in [7, 11) is 3.59. The molecule has 0 saturated heterocycles. The Kier molecular flexibility index (Phi) is 6.37. The Labute approximate surface area is 182 Å². The van der Waals surface area contributed by atoms with Crippen molar-refractivity contribution in [3.63, 3.8) is 0 Å². The van der Waals surface area contributed by atoms with E-state index in [1.807, 2.05) is 55.4 Å². The van der Waals surface area contributed by atoms with Gasteiger partial charge in [-0.05, 0) is 31.2 Å². The molecule has 0 saturated carbocycles. The van der Waals surface area contributed by atoms with Crippen molar-refractivity contribution in [3.8, 4) is 17.1 Å². The molecule has 3 aromatic rings. The van der Waals surface area contributed by atoms with Crippen molar-refractivity contribution in [1.29, 1.82) is 0 Å². The number of fused-ring (bicyclic) bond motifs is 1. The van der Waals surface area contributed by atoms with Crippen LogP contribution in [-0.4, -0.2) is 61.2 Å². The maximum Gasteiger partial charge on any atom is 0.212 e. The van der Waals surface area contributed by atoms with E-state index in [1.165, 1.54) is 0 Å². The van der Waals surface area contributed by atoms with Crippen molar-refractivity contribution in [2.75, 3.05) is 50.3 Å². The molecule has 4 heterocycles. The fourth-order valence-corrected chi connectivity index (χ4v) is 3.40. The summed E-state index contributed by atoms with van der Waals surface area (Å²) >= 11 is 0. The summed E-state index contributed by atoms with van der Waals surface area (Å²) in [5, 5.41) is 0. The molecule has 0 aromatic carbocycles. The molecule has 0 N–H and O–H groups in total. The largest absolute Gasteiger partial charge is 0.481 e. The number of aliphatic imine (C=N–C) groups is 1. The lowest BCUT2D eigenvalue weighted by atomic mass is 10.1. The fourth-order valence-electron chi connectivity index (χ4n) is 3.40. The minimum absolute atomic E-state index is 0.576. The third kappa shape index (κ3) is 4.64. The van der Waals surface area contributed by atoms with Gasteiger partial charge in [0.1, 0.15) is 17.3 Å². The number of methoxy groups -OCH3 is 1. The van der Waals surface area contributed by atoms with Crippen molar-refractivity contribution in [2.45, 2.75) is 6.92 Å². The number of hydrogen-bond acceptors (Lipinski definition) is 8. The van der Waals surface area contributed by atoms with Gasteiger partial charge in [0.25, 0.3) is 0 Å². The van der Waals surface area contributed by atoms with Crippen molar-refractivity contribution < 1.29 is 9.47 Å². The van der Waals surface area contributed by atoms with Crippen LogP contribution in [0.25, 0.3) is 11.3 Å². The van der Waals surface area contributed by atoms with Crippen molar-refractivity contribution in [1.82, 2.24) is 15.0 Å². The molecule has 31 heavy (non-hydrogen) atoms. The lowest BCUT2D eigenvalue weighted by Gasteiger charge is -2.33. The van der Waals surface area contributed by atoms with E-state index in [0.29, 0.717) is 25.6 Å². The Hall–Kier alpha value is -3.52. The predicted octanol–water partition coefficient (Wildman–Crippen LogP) is 3.57. The van der Waals surface area contributed by atoms with Crippen LogP contribution in [0.2, 0.25) is 0 Å². The average Bonchev–Trinajstić information content (AvgIpc) is 2.84. The first-order chi connectivity index (χ1) is 15.2. The van der Waals surface area contributed by atoms with Crippen molar-refractivity contribution >= 4 is 23.0 Å². The minimum Gasteiger partial charge on any atom is -0.481 e. The van der Waals surface area contributed by atoms with E-state index >= 15 is 0 Å². The molecule has 4 rings (SSSR count). The highest BCUT2D eigenvalue weighted by molar-refractivity contribution is 6.04. The fraction of sp³-hybridized carbons (Fsp3) is 0.304. The Morgan fingerprint density at radius 2 is 2.00 bits per heavy atom. The Morgan fingerprint density at radius 1 is 1.10 bits per heavy atom. The minimum atomic E-state index is 0.576. The van der Waals surface area contributed by atoms with E-state index in [0.717, 1.165) is 40.8 Å². The molecular weight excluding hydrogens is 392 g/mol. The van der Waals surface area contributed by atoms with Gasteiger partial charge in [-0.1, -0.05) is 6.07 Å². The molecule has 3 aromatic heterocycles. The van der Waals surface area contributed by atoms with E-state index in [2.05, 4.69) is 25.9 Å². The molecule has 0 bridgehead atoms. The highest BCUT2D eigenvalue weighted by Crippen LogP contribution is 2.35. The van der Waals surface area contributed by atoms with Crippen LogP contribution in [0, 0.1) is 0 Å². The van der Waals surface area contributed by atoms with Gasteiger partial charge >= 0.3 is 0 Å². The molecule has 0 unspecified atom stereocenters. The summed E-state index contributed by atoms with van der Waals surface area (Å²) in [5.74, 6) is 2.33. The van der Waals surface area contributed by atoms with Gasteiger partial charge in [-0.25, -0.2) is 15.0 Å². The van der Waals surface area contributed by atoms with Gasteiger partial charge in [0.15, 0.2) is 0 Å². The SMILES string of the molecule is CCOCCN1CC(N(C)c2ccccn2)=Nc2cnc(-c3ccc(OC)nc3)cc21. The second kappa shape index (κ2) is 9.53. The summed E-state index contributed by atoms with van der Waals surface area (Å²) in [4.78, 5) is 22.5. The molecule has 0 atom stereocenters. The molecule has 0 amide bonds. The molecule has 0 fully saturated rings. The number of likely N-dealkylation sites (N-methyl/N-ethyl adjacent to an activating group) is 1. The van der Waals surface area contributed by atoms with Crippen LogP contribution in [0.15, 0.2) is 60.0 Å². The molecule has 160 valence electrons. The van der Waals surface area contributed by atoms with Gasteiger partial charge in [-0.15, -0.1) is 0 Å². The van der Waals surface area contributed by atoms with Gasteiger partial charge in [0, 0.05) is 44.2 Å². The molecule has 1 aliphatic heterocycles. The highest BCUT2D eigenvalue weighted by atomic mass is 16.5. The van der Waals surface area contributed by atoms with Gasteiger partial charge in [-0.2, -0.15) is 0 Å². The monoisotopic (exact) mass is 418 g/mol. The molecule has 8 nitrogen and oxygen atoms in total. The number of nitrogens with zero attached hydrogens (tertiary/aromatic N) is 6. The lowest BCUT2D eigenvalue weighted by Crippen LogP contribution is -2.42. The summed E-state index contributed by atoms with van der Waals surface area (Å²) in [6, 6.07) is 11.7. The first-order valence-electron chi connectivity index (χ1n) is 10.2. The van der Waals surface area contributed by atoms with Crippen LogP contribution in [-0.2, 0) is 4.74 Å². The number of aromatic nitrogens is 3. The second-order valence-corrected chi connectivity index (χ2v) is 7.04. The zero-order valence-electron chi connectivity index (χ0n) is 18.0. The Bertz CT molecular complexity index is 1040. The van der Waals surface area contributed by atoms with Crippen LogP contribution < -0.4 is 14.5 Å². The van der Waals surface area contributed by atoms with Crippen molar-refractivity contribution in [3.05, 3.63) is 55.0 Å². The van der Waals surface area contributed by atoms with Gasteiger partial charge in [0.2, 0.25) is 5.88 Å². The first kappa shape index (κ1) is 20.7. The quantitative estimate of drug-likeness (QED) is 0.543. The van der Waals surface area contributed by atoms with Crippen LogP contribution >= 0.6 is 0 Å². The molecule has 0 aliphatic carbocycles. The van der Waals surface area contributed by atoms with Crippen LogP contribution in [0.3, 0.4) is 0 Å². The van der Waals surface area contributed by atoms with Crippen LogP contribution in [0.5, 0.6) is 5.88 Å². The third-order valence-corrected chi connectivity index (χ3v) is 5.12.